The minimum Gasteiger partial charge on any atom is -0.462 e. The van der Waals surface area contributed by atoms with Crippen molar-refractivity contribution < 1.29 is 80.2 Å². The second-order valence-corrected chi connectivity index (χ2v) is 30.4. The van der Waals surface area contributed by atoms with E-state index >= 15 is 0 Å². The van der Waals surface area contributed by atoms with Crippen LogP contribution in [0.2, 0.25) is 0 Å². The number of phosphoric ester groups is 2. The Morgan fingerprint density at radius 1 is 0.315 bits per heavy atom. The summed E-state index contributed by atoms with van der Waals surface area (Å²) in [5, 5.41) is 10.6. The second kappa shape index (κ2) is 63.8. The van der Waals surface area contributed by atoms with Gasteiger partial charge >= 0.3 is 39.5 Å². The molecule has 0 aliphatic heterocycles. The number of unbranched alkanes of at least 4 members (excludes halogenated alkanes) is 38. The quantitative estimate of drug-likeness (QED) is 0.0222. The van der Waals surface area contributed by atoms with Crippen molar-refractivity contribution >= 4 is 39.5 Å². The molecule has 0 aliphatic carbocycles. The lowest BCUT2D eigenvalue weighted by molar-refractivity contribution is -0.161. The molecular weight excluding hydrogens is 1210 g/mol. The van der Waals surface area contributed by atoms with Gasteiger partial charge in [-0.3, -0.25) is 37.3 Å². The number of carbonyl (C=O) groups excluding carboxylic acids is 4. The number of aliphatic hydroxyl groups is 1. The van der Waals surface area contributed by atoms with Gasteiger partial charge in [0, 0.05) is 25.7 Å². The fourth-order valence-corrected chi connectivity index (χ4v) is 12.6. The minimum absolute atomic E-state index is 0.103. The summed E-state index contributed by atoms with van der Waals surface area (Å²) >= 11 is 0. The van der Waals surface area contributed by atoms with Crippen LogP contribution in [0.5, 0.6) is 0 Å². The molecule has 0 amide bonds. The van der Waals surface area contributed by atoms with Gasteiger partial charge in [0.25, 0.3) is 0 Å². The van der Waals surface area contributed by atoms with E-state index < -0.39 is 97.5 Å². The zero-order valence-corrected chi connectivity index (χ0v) is 61.8. The summed E-state index contributed by atoms with van der Waals surface area (Å²) in [5.74, 6) is 0.0960. The summed E-state index contributed by atoms with van der Waals surface area (Å²) in [4.78, 5) is 72.7. The number of hydrogen-bond donors (Lipinski definition) is 3. The molecule has 0 aromatic heterocycles. The first-order valence-electron chi connectivity index (χ1n) is 37.9. The number of phosphoric acid groups is 2. The summed E-state index contributed by atoms with van der Waals surface area (Å²) in [6.45, 7) is 11.8. The third-order valence-corrected chi connectivity index (χ3v) is 19.1. The molecule has 0 radical (unpaired) electrons. The molecule has 0 saturated carbocycles. The van der Waals surface area contributed by atoms with E-state index in [2.05, 4.69) is 48.5 Å². The molecule has 0 bridgehead atoms. The summed E-state index contributed by atoms with van der Waals surface area (Å²) in [6, 6.07) is 0. The first-order valence-corrected chi connectivity index (χ1v) is 40.9. The van der Waals surface area contributed by atoms with Crippen LogP contribution in [0.25, 0.3) is 0 Å². The smallest absolute Gasteiger partial charge is 0.462 e. The molecule has 0 aromatic carbocycles. The van der Waals surface area contributed by atoms with Crippen molar-refractivity contribution in [1.82, 2.24) is 0 Å². The monoisotopic (exact) mass is 1350 g/mol. The van der Waals surface area contributed by atoms with Crippen LogP contribution in [-0.4, -0.2) is 96.7 Å². The average Bonchev–Trinajstić information content (AvgIpc) is 2.86. The number of carbonyl (C=O) groups is 4. The molecule has 92 heavy (non-hydrogen) atoms. The zero-order chi connectivity index (χ0) is 68.0. The van der Waals surface area contributed by atoms with E-state index in [0.717, 1.165) is 114 Å². The maximum absolute atomic E-state index is 13.1. The van der Waals surface area contributed by atoms with E-state index in [1.807, 2.05) is 0 Å². The van der Waals surface area contributed by atoms with Crippen LogP contribution in [0.4, 0.5) is 0 Å². The van der Waals surface area contributed by atoms with E-state index in [4.69, 9.17) is 37.0 Å². The zero-order valence-electron chi connectivity index (χ0n) is 60.0. The minimum atomic E-state index is -4.96. The van der Waals surface area contributed by atoms with E-state index in [1.54, 1.807) is 0 Å². The van der Waals surface area contributed by atoms with Gasteiger partial charge in [0.15, 0.2) is 12.2 Å². The average molecular weight is 1350 g/mol. The van der Waals surface area contributed by atoms with Gasteiger partial charge in [0.1, 0.15) is 19.3 Å². The third-order valence-electron chi connectivity index (χ3n) is 17.2. The fraction of sp³-hybridized carbons (Fsp3) is 0.945. The molecule has 0 aromatic rings. The Hall–Kier alpha value is -1.94. The molecule has 546 valence electrons. The second-order valence-electron chi connectivity index (χ2n) is 27.5. The van der Waals surface area contributed by atoms with Gasteiger partial charge in [-0.2, -0.15) is 0 Å². The van der Waals surface area contributed by atoms with Crippen molar-refractivity contribution in [2.75, 3.05) is 39.6 Å². The van der Waals surface area contributed by atoms with Crippen LogP contribution in [0.15, 0.2) is 0 Å². The summed E-state index contributed by atoms with van der Waals surface area (Å²) in [5.41, 5.74) is 0. The first-order chi connectivity index (χ1) is 44.3. The van der Waals surface area contributed by atoms with Crippen LogP contribution < -0.4 is 0 Å². The molecule has 0 rings (SSSR count). The van der Waals surface area contributed by atoms with Gasteiger partial charge in [-0.05, 0) is 43.4 Å². The Morgan fingerprint density at radius 2 is 0.554 bits per heavy atom. The van der Waals surface area contributed by atoms with Crippen LogP contribution in [-0.2, 0) is 65.4 Å². The molecule has 3 unspecified atom stereocenters. The first kappa shape index (κ1) is 90.1. The summed E-state index contributed by atoms with van der Waals surface area (Å²) in [7, 11) is -9.91. The van der Waals surface area contributed by atoms with Crippen LogP contribution in [0.3, 0.4) is 0 Å². The molecular formula is C73H142O17P2. The number of aliphatic hydroxyl groups excluding tert-OH is 1. The Labute approximate surface area is 562 Å². The number of esters is 4. The molecule has 0 spiro atoms. The van der Waals surface area contributed by atoms with E-state index in [-0.39, 0.29) is 25.7 Å². The van der Waals surface area contributed by atoms with Crippen molar-refractivity contribution in [2.24, 2.45) is 17.8 Å². The molecule has 0 aliphatic rings. The van der Waals surface area contributed by atoms with Crippen molar-refractivity contribution in [2.45, 2.75) is 388 Å². The summed E-state index contributed by atoms with van der Waals surface area (Å²) < 4.78 is 68.4. The molecule has 0 fully saturated rings. The number of ether oxygens (including phenoxy) is 4. The lowest BCUT2D eigenvalue weighted by Gasteiger charge is -2.21. The predicted octanol–water partition coefficient (Wildman–Crippen LogP) is 21.0. The molecule has 0 heterocycles. The Balaban J connectivity index is 5.25. The van der Waals surface area contributed by atoms with Gasteiger partial charge in [-0.15, -0.1) is 0 Å². The Morgan fingerprint density at radius 3 is 0.826 bits per heavy atom. The van der Waals surface area contributed by atoms with Crippen LogP contribution in [0.1, 0.15) is 370 Å². The third kappa shape index (κ3) is 65.4. The van der Waals surface area contributed by atoms with Crippen molar-refractivity contribution in [1.29, 1.82) is 0 Å². The fourth-order valence-electron chi connectivity index (χ4n) is 11.0. The largest absolute Gasteiger partial charge is 0.472 e. The SMILES string of the molecule is CCCCCCCCCCCCCCCCCCCC(=O)O[C@H](COC(=O)CCCCCCCCCCCCCC(C)C)COP(=O)(O)OC[C@@H](O)COP(=O)(O)OC[C@@H](COC(=O)CCCCCCCCC(C)CC)OC(=O)CCCCCCCCCCC(C)C. The van der Waals surface area contributed by atoms with Crippen molar-refractivity contribution in [3.05, 3.63) is 0 Å². The lowest BCUT2D eigenvalue weighted by atomic mass is 10.00. The van der Waals surface area contributed by atoms with Crippen molar-refractivity contribution in [3.8, 4) is 0 Å². The molecule has 0 saturated heterocycles. The molecule has 19 heteroatoms. The number of hydrogen-bond acceptors (Lipinski definition) is 15. The van der Waals surface area contributed by atoms with E-state index in [9.17, 15) is 43.2 Å². The Kier molecular flexibility index (Phi) is 62.4. The maximum Gasteiger partial charge on any atom is 0.472 e. The number of rotatable bonds is 71. The highest BCUT2D eigenvalue weighted by Gasteiger charge is 2.30. The van der Waals surface area contributed by atoms with Gasteiger partial charge in [-0.1, -0.05) is 318 Å². The van der Waals surface area contributed by atoms with Gasteiger partial charge in [-0.25, -0.2) is 9.13 Å². The van der Waals surface area contributed by atoms with E-state index in [0.29, 0.717) is 25.7 Å². The highest BCUT2D eigenvalue weighted by atomic mass is 31.2. The summed E-state index contributed by atoms with van der Waals surface area (Å²) in [6.07, 6.45) is 48.6. The standard InChI is InChI=1S/C73H142O17P2/c1-8-10-11-12-13-14-15-16-17-18-19-20-23-27-33-42-49-56-72(77)89-68(60-83-70(75)54-47-40-32-26-24-21-22-25-30-37-44-51-64(3)4)62-87-91(79,80)85-58-67(74)59-86-92(81,82)88-63-69(61-84-71(76)55-48-41-36-35-39-46-53-66(7)9-2)90-73(78)57-50-43-34-29-28-31-38-45-52-65(5)6/h64-69,74H,8-63H2,1-7H3,(H,79,80)(H,81,82)/t66?,67-,68-,69-/m1/s1. The van der Waals surface area contributed by atoms with Crippen molar-refractivity contribution in [3.63, 3.8) is 0 Å². The molecule has 3 N–H and O–H groups in total. The van der Waals surface area contributed by atoms with Crippen LogP contribution in [0, 0.1) is 17.8 Å². The van der Waals surface area contributed by atoms with Gasteiger partial charge in [0.05, 0.1) is 26.4 Å². The lowest BCUT2D eigenvalue weighted by Crippen LogP contribution is -2.30. The molecule has 6 atom stereocenters. The topological polar surface area (TPSA) is 237 Å². The highest BCUT2D eigenvalue weighted by Crippen LogP contribution is 2.45. The molecule has 17 nitrogen and oxygen atoms in total. The predicted molar refractivity (Wildman–Crippen MR) is 372 cm³/mol. The van der Waals surface area contributed by atoms with Gasteiger partial charge < -0.3 is 33.8 Å². The van der Waals surface area contributed by atoms with Crippen LogP contribution >= 0.6 is 15.6 Å². The Bertz CT molecular complexity index is 1800. The van der Waals surface area contributed by atoms with Gasteiger partial charge in [0.2, 0.25) is 0 Å². The normalized spacial score (nSPS) is 14.4. The maximum atomic E-state index is 13.1. The van der Waals surface area contributed by atoms with E-state index in [1.165, 1.54) is 173 Å². The highest BCUT2D eigenvalue weighted by molar-refractivity contribution is 7.47.